The number of hydrogen-bond acceptors (Lipinski definition) is 5. The zero-order valence-electron chi connectivity index (χ0n) is 8.29. The van der Waals surface area contributed by atoms with Gasteiger partial charge in [0.25, 0.3) is 0 Å². The molecule has 0 radical (unpaired) electrons. The second-order valence-corrected chi connectivity index (χ2v) is 3.61. The third-order valence-corrected chi connectivity index (χ3v) is 2.42. The molecule has 0 amide bonds. The summed E-state index contributed by atoms with van der Waals surface area (Å²) in [7, 11) is 0.988. The molecule has 0 N–H and O–H groups in total. The molecule has 1 heterocycles. The van der Waals surface area contributed by atoms with E-state index in [9.17, 15) is 18.0 Å². The summed E-state index contributed by atoms with van der Waals surface area (Å²) in [6, 6.07) is 0.547. The molecule has 0 aliphatic rings. The molecule has 0 unspecified atom stereocenters. The van der Waals surface area contributed by atoms with Gasteiger partial charge in [-0.15, -0.1) is 4.37 Å². The van der Waals surface area contributed by atoms with Crippen molar-refractivity contribution in [1.29, 1.82) is 0 Å². The quantitative estimate of drug-likeness (QED) is 0.779. The number of methoxy groups -OCH3 is 1. The summed E-state index contributed by atoms with van der Waals surface area (Å²) in [6.07, 6.45) is 0. The van der Waals surface area contributed by atoms with Crippen LogP contribution in [0.15, 0.2) is 15.3 Å². The lowest BCUT2D eigenvalue weighted by Crippen LogP contribution is -1.99. The summed E-state index contributed by atoms with van der Waals surface area (Å²) in [4.78, 5) is 9.97. The standard InChI is InChI=1S/C9H4F3NO3S/c1-15-7-5(11)3(2-4(10)6(7)12)8-13-17-9(14)16-8/h2H,1H3. The molecule has 0 atom stereocenters. The average molecular weight is 263 g/mol. The maximum atomic E-state index is 13.7. The van der Waals surface area contributed by atoms with Gasteiger partial charge < -0.3 is 9.15 Å². The first-order valence-corrected chi connectivity index (χ1v) is 5.00. The fourth-order valence-electron chi connectivity index (χ4n) is 1.21. The predicted molar refractivity (Wildman–Crippen MR) is 52.5 cm³/mol. The second-order valence-electron chi connectivity index (χ2n) is 2.91. The van der Waals surface area contributed by atoms with Gasteiger partial charge in [0.15, 0.2) is 17.4 Å². The highest BCUT2D eigenvalue weighted by molar-refractivity contribution is 7.02. The van der Waals surface area contributed by atoms with Gasteiger partial charge in [-0.25, -0.2) is 13.6 Å². The Morgan fingerprint density at radius 2 is 2.06 bits per heavy atom. The molecule has 0 saturated carbocycles. The first-order chi connectivity index (χ1) is 8.04. The van der Waals surface area contributed by atoms with Crippen LogP contribution in [0, 0.1) is 17.5 Å². The maximum absolute atomic E-state index is 13.7. The summed E-state index contributed by atoms with van der Waals surface area (Å²) >= 11 is 0.436. The topological polar surface area (TPSA) is 52.3 Å². The molecule has 2 aromatic rings. The lowest BCUT2D eigenvalue weighted by molar-refractivity contribution is 0.347. The van der Waals surface area contributed by atoms with Crippen molar-refractivity contribution >= 4 is 11.5 Å². The Morgan fingerprint density at radius 1 is 1.35 bits per heavy atom. The van der Waals surface area contributed by atoms with Gasteiger partial charge in [0.2, 0.25) is 11.7 Å². The van der Waals surface area contributed by atoms with E-state index >= 15 is 0 Å². The Kier molecular flexibility index (Phi) is 2.88. The third-order valence-electron chi connectivity index (χ3n) is 1.93. The number of rotatable bonds is 2. The summed E-state index contributed by atoms with van der Waals surface area (Å²) in [6.45, 7) is 0. The van der Waals surface area contributed by atoms with Crippen molar-refractivity contribution in [3.05, 3.63) is 33.3 Å². The third kappa shape index (κ3) is 1.91. The van der Waals surface area contributed by atoms with Crippen LogP contribution in [-0.2, 0) is 0 Å². The Morgan fingerprint density at radius 3 is 2.59 bits per heavy atom. The van der Waals surface area contributed by atoms with Crippen molar-refractivity contribution in [1.82, 2.24) is 4.37 Å². The summed E-state index contributed by atoms with van der Waals surface area (Å²) in [5, 5.41) is 0. The molecule has 8 heteroatoms. The number of benzene rings is 1. The van der Waals surface area contributed by atoms with Crippen LogP contribution in [0.25, 0.3) is 11.5 Å². The van der Waals surface area contributed by atoms with Crippen LogP contribution in [0.2, 0.25) is 0 Å². The molecule has 17 heavy (non-hydrogen) atoms. The van der Waals surface area contributed by atoms with Crippen LogP contribution in [0.4, 0.5) is 13.2 Å². The minimum Gasteiger partial charge on any atom is -0.491 e. The van der Waals surface area contributed by atoms with Gasteiger partial charge in [-0.2, -0.15) is 4.39 Å². The molecule has 2 rings (SSSR count). The number of halogens is 3. The van der Waals surface area contributed by atoms with E-state index in [4.69, 9.17) is 0 Å². The predicted octanol–water partition coefficient (Wildman–Crippen LogP) is 2.19. The van der Waals surface area contributed by atoms with Gasteiger partial charge in [-0.3, -0.25) is 0 Å². The van der Waals surface area contributed by atoms with Gasteiger partial charge in [-0.05, 0) is 6.07 Å². The van der Waals surface area contributed by atoms with Crippen molar-refractivity contribution < 1.29 is 22.3 Å². The van der Waals surface area contributed by atoms with E-state index in [1.54, 1.807) is 0 Å². The van der Waals surface area contributed by atoms with E-state index in [1.165, 1.54) is 0 Å². The summed E-state index contributed by atoms with van der Waals surface area (Å²) in [5.41, 5.74) is -0.473. The second kappa shape index (κ2) is 4.21. The highest BCUT2D eigenvalue weighted by atomic mass is 32.1. The van der Waals surface area contributed by atoms with Gasteiger partial charge >= 0.3 is 4.94 Å². The Balaban J connectivity index is 2.71. The van der Waals surface area contributed by atoms with Gasteiger partial charge in [-0.1, -0.05) is 0 Å². The molecule has 0 spiro atoms. The molecule has 0 bridgehead atoms. The average Bonchev–Trinajstić information content (AvgIpc) is 2.71. The highest BCUT2D eigenvalue weighted by Crippen LogP contribution is 2.32. The normalized spacial score (nSPS) is 10.6. The Hall–Kier alpha value is -1.83. The Bertz CT molecular complexity index is 622. The summed E-state index contributed by atoms with van der Waals surface area (Å²) < 4.78 is 52.3. The van der Waals surface area contributed by atoms with Crippen molar-refractivity contribution in [2.75, 3.05) is 7.11 Å². The van der Waals surface area contributed by atoms with Gasteiger partial charge in [0.1, 0.15) is 0 Å². The fraction of sp³-hybridized carbons (Fsp3) is 0.111. The van der Waals surface area contributed by atoms with Crippen LogP contribution in [0.3, 0.4) is 0 Å². The van der Waals surface area contributed by atoms with E-state index in [0.717, 1.165) is 7.11 Å². The van der Waals surface area contributed by atoms with Gasteiger partial charge in [0.05, 0.1) is 24.2 Å². The SMILES string of the molecule is COc1c(F)c(F)cc(-c2nsc(=O)o2)c1F. The molecule has 0 aliphatic heterocycles. The summed E-state index contributed by atoms with van der Waals surface area (Å²) in [5.74, 6) is -5.27. The molecule has 0 saturated heterocycles. The molecule has 0 aliphatic carbocycles. The molecule has 1 aromatic heterocycles. The lowest BCUT2D eigenvalue weighted by atomic mass is 10.2. The first-order valence-electron chi connectivity index (χ1n) is 4.23. The molecular weight excluding hydrogens is 259 g/mol. The minimum atomic E-state index is -1.45. The maximum Gasteiger partial charge on any atom is 0.414 e. The van der Waals surface area contributed by atoms with E-state index < -0.39 is 39.6 Å². The van der Waals surface area contributed by atoms with Crippen molar-refractivity contribution in [3.63, 3.8) is 0 Å². The van der Waals surface area contributed by atoms with Crippen molar-refractivity contribution in [2.45, 2.75) is 0 Å². The molecule has 0 fully saturated rings. The number of ether oxygens (including phenoxy) is 1. The van der Waals surface area contributed by atoms with Crippen molar-refractivity contribution in [2.24, 2.45) is 0 Å². The van der Waals surface area contributed by atoms with E-state index in [0.29, 0.717) is 17.6 Å². The van der Waals surface area contributed by atoms with E-state index in [-0.39, 0.29) is 0 Å². The first kappa shape index (κ1) is 11.6. The van der Waals surface area contributed by atoms with Crippen molar-refractivity contribution in [3.8, 4) is 17.2 Å². The zero-order valence-corrected chi connectivity index (χ0v) is 9.11. The largest absolute Gasteiger partial charge is 0.491 e. The minimum absolute atomic E-state index is 0.422. The monoisotopic (exact) mass is 263 g/mol. The molecule has 90 valence electrons. The fourth-order valence-corrected chi connectivity index (χ4v) is 1.62. The van der Waals surface area contributed by atoms with E-state index in [2.05, 4.69) is 13.5 Å². The zero-order chi connectivity index (χ0) is 12.6. The molecule has 4 nitrogen and oxygen atoms in total. The smallest absolute Gasteiger partial charge is 0.414 e. The number of hydrogen-bond donors (Lipinski definition) is 0. The van der Waals surface area contributed by atoms with Crippen LogP contribution < -0.4 is 9.68 Å². The van der Waals surface area contributed by atoms with E-state index in [1.807, 2.05) is 0 Å². The number of aromatic nitrogens is 1. The lowest BCUT2D eigenvalue weighted by Gasteiger charge is -2.06. The molecular formula is C9H4F3NO3S. The van der Waals surface area contributed by atoms with Gasteiger partial charge in [0, 0.05) is 0 Å². The number of nitrogens with zero attached hydrogens (tertiary/aromatic N) is 1. The van der Waals surface area contributed by atoms with Crippen LogP contribution in [0.5, 0.6) is 5.75 Å². The Labute approximate surface area is 96.4 Å². The highest BCUT2D eigenvalue weighted by Gasteiger charge is 2.23. The van der Waals surface area contributed by atoms with Crippen LogP contribution in [0.1, 0.15) is 0 Å². The van der Waals surface area contributed by atoms with Crippen LogP contribution in [-0.4, -0.2) is 11.5 Å². The van der Waals surface area contributed by atoms with Crippen LogP contribution >= 0.6 is 11.5 Å². The molecule has 1 aromatic carbocycles.